The zero-order valence-corrected chi connectivity index (χ0v) is 14.5. The van der Waals surface area contributed by atoms with E-state index < -0.39 is 16.0 Å². The first-order valence-corrected chi connectivity index (χ1v) is 10.7. The van der Waals surface area contributed by atoms with Gasteiger partial charge in [-0.2, -0.15) is 0 Å². The first-order chi connectivity index (χ1) is 10.3. The molecule has 0 unspecified atom stereocenters. The Morgan fingerprint density at radius 2 is 2.00 bits per heavy atom. The topological polar surface area (TPSA) is 65.4 Å². The Morgan fingerprint density at radius 3 is 2.64 bits per heavy atom. The van der Waals surface area contributed by atoms with Crippen molar-refractivity contribution in [3.8, 4) is 0 Å². The van der Waals surface area contributed by atoms with Gasteiger partial charge in [-0.1, -0.05) is 0 Å². The number of carbonyl (C=O) groups excluding carboxylic acids is 1. The van der Waals surface area contributed by atoms with E-state index in [4.69, 9.17) is 4.74 Å². The molecule has 2 rings (SSSR count). The van der Waals surface area contributed by atoms with E-state index in [1.54, 1.807) is 37.4 Å². The molecule has 0 amide bonds. The molecule has 0 N–H and O–H groups in total. The molecule has 1 aromatic carbocycles. The lowest BCUT2D eigenvalue weighted by Gasteiger charge is -2.07. The van der Waals surface area contributed by atoms with Crippen LogP contribution in [0.4, 0.5) is 0 Å². The Morgan fingerprint density at radius 1 is 1.27 bits per heavy atom. The summed E-state index contributed by atoms with van der Waals surface area (Å²) in [5.41, 5.74) is 1.01. The average Bonchev–Trinajstić information content (AvgIpc) is 2.89. The van der Waals surface area contributed by atoms with Crippen molar-refractivity contribution in [1.29, 1.82) is 0 Å². The third-order valence-electron chi connectivity index (χ3n) is 3.21. The molecule has 120 valence electrons. The molecule has 0 aliphatic rings. The SMILES string of the molecule is CCOC(=O)c1ccc2c(ccn2S(=O)(=O)CC[S+](C)C)c1. The molecule has 0 atom stereocenters. The molecule has 0 fully saturated rings. The summed E-state index contributed by atoms with van der Waals surface area (Å²) in [7, 11) is -3.30. The molecule has 0 saturated heterocycles. The number of nitrogens with zero attached hydrogens (tertiary/aromatic N) is 1. The number of carbonyl (C=O) groups is 1. The van der Waals surface area contributed by atoms with E-state index >= 15 is 0 Å². The fourth-order valence-electron chi connectivity index (χ4n) is 2.07. The summed E-state index contributed by atoms with van der Waals surface area (Å²) >= 11 is 0. The summed E-state index contributed by atoms with van der Waals surface area (Å²) in [6.07, 6.45) is 5.59. The lowest BCUT2D eigenvalue weighted by Crippen LogP contribution is -2.21. The van der Waals surface area contributed by atoms with Crippen LogP contribution in [0.5, 0.6) is 0 Å². The van der Waals surface area contributed by atoms with Crippen molar-refractivity contribution in [2.24, 2.45) is 0 Å². The number of ether oxygens (including phenoxy) is 1. The van der Waals surface area contributed by atoms with Crippen LogP contribution in [0, 0.1) is 0 Å². The Labute approximate surface area is 133 Å². The quantitative estimate of drug-likeness (QED) is 0.594. The van der Waals surface area contributed by atoms with Gasteiger partial charge in [-0.05, 0) is 42.1 Å². The largest absolute Gasteiger partial charge is 0.462 e. The number of rotatable bonds is 6. The number of esters is 1. The molecule has 0 aliphatic heterocycles. The zero-order valence-electron chi connectivity index (χ0n) is 12.9. The van der Waals surface area contributed by atoms with Crippen molar-refractivity contribution in [3.63, 3.8) is 0 Å². The van der Waals surface area contributed by atoms with Gasteiger partial charge in [0.1, 0.15) is 11.5 Å². The first kappa shape index (κ1) is 16.9. The van der Waals surface area contributed by atoms with Crippen LogP contribution < -0.4 is 0 Å². The lowest BCUT2D eigenvalue weighted by molar-refractivity contribution is 0.0526. The third-order valence-corrected chi connectivity index (χ3v) is 6.13. The summed E-state index contributed by atoms with van der Waals surface area (Å²) in [5.74, 6) is 0.358. The van der Waals surface area contributed by atoms with E-state index in [0.717, 1.165) is 0 Å². The number of hydrogen-bond donors (Lipinski definition) is 0. The minimum Gasteiger partial charge on any atom is -0.462 e. The maximum absolute atomic E-state index is 12.4. The molecule has 0 saturated carbocycles. The van der Waals surface area contributed by atoms with Crippen LogP contribution in [0.1, 0.15) is 17.3 Å². The van der Waals surface area contributed by atoms with Gasteiger partial charge in [0, 0.05) is 11.6 Å². The Kier molecular flexibility index (Phi) is 5.18. The first-order valence-electron chi connectivity index (χ1n) is 6.91. The number of benzene rings is 1. The monoisotopic (exact) mass is 342 g/mol. The molecule has 1 heterocycles. The highest BCUT2D eigenvalue weighted by Gasteiger charge is 2.19. The lowest BCUT2D eigenvalue weighted by atomic mass is 10.1. The van der Waals surface area contributed by atoms with E-state index in [2.05, 4.69) is 0 Å². The molecule has 22 heavy (non-hydrogen) atoms. The Hall–Kier alpha value is -1.47. The van der Waals surface area contributed by atoms with E-state index in [1.807, 2.05) is 12.5 Å². The van der Waals surface area contributed by atoms with Gasteiger partial charge in [-0.25, -0.2) is 17.2 Å². The van der Waals surface area contributed by atoms with Crippen LogP contribution in [-0.2, 0) is 25.7 Å². The smallest absolute Gasteiger partial charge is 0.338 e. The van der Waals surface area contributed by atoms with Crippen molar-refractivity contribution >= 4 is 37.8 Å². The third kappa shape index (κ3) is 3.64. The Balaban J connectivity index is 2.36. The second kappa shape index (κ2) is 6.75. The van der Waals surface area contributed by atoms with Crippen LogP contribution in [-0.4, -0.2) is 49.0 Å². The standard InChI is InChI=1S/C15H20NO4S2/c1-4-20-15(17)13-5-6-14-12(11-13)7-8-16(14)22(18,19)10-9-21(2)3/h5-8,11H,4,9-10H2,1-3H3/q+1. The molecular weight excluding hydrogens is 322 g/mol. The highest BCUT2D eigenvalue weighted by molar-refractivity contribution is 7.97. The molecule has 0 radical (unpaired) electrons. The van der Waals surface area contributed by atoms with Crippen molar-refractivity contribution < 1.29 is 17.9 Å². The molecule has 7 heteroatoms. The van der Waals surface area contributed by atoms with Gasteiger partial charge in [0.15, 0.2) is 0 Å². The summed E-state index contributed by atoms with van der Waals surface area (Å²) < 4.78 is 31.1. The summed E-state index contributed by atoms with van der Waals surface area (Å²) in [6.45, 7) is 2.05. The molecule has 2 aromatic rings. The van der Waals surface area contributed by atoms with Crippen LogP contribution >= 0.6 is 0 Å². The van der Waals surface area contributed by atoms with Gasteiger partial charge in [-0.3, -0.25) is 0 Å². The van der Waals surface area contributed by atoms with Gasteiger partial charge in [-0.15, -0.1) is 0 Å². The normalized spacial score (nSPS) is 12.0. The number of hydrogen-bond acceptors (Lipinski definition) is 4. The van der Waals surface area contributed by atoms with E-state index in [1.165, 1.54) is 3.97 Å². The highest BCUT2D eigenvalue weighted by atomic mass is 32.2. The van der Waals surface area contributed by atoms with Crippen LogP contribution in [0.25, 0.3) is 10.9 Å². The maximum Gasteiger partial charge on any atom is 0.338 e. The van der Waals surface area contributed by atoms with Gasteiger partial charge in [0.2, 0.25) is 10.0 Å². The van der Waals surface area contributed by atoms with Gasteiger partial charge >= 0.3 is 5.97 Å². The Bertz CT molecular complexity index is 778. The second-order valence-electron chi connectivity index (χ2n) is 5.11. The fraction of sp³-hybridized carbons (Fsp3) is 0.400. The average molecular weight is 342 g/mol. The molecule has 0 aliphatic carbocycles. The summed E-state index contributed by atoms with van der Waals surface area (Å²) in [4.78, 5) is 11.7. The molecule has 5 nitrogen and oxygen atoms in total. The zero-order chi connectivity index (χ0) is 16.3. The van der Waals surface area contributed by atoms with E-state index in [0.29, 0.717) is 28.8 Å². The molecular formula is C15H20NO4S2+. The molecule has 0 spiro atoms. The molecule has 0 bridgehead atoms. The number of fused-ring (bicyclic) bond motifs is 1. The predicted molar refractivity (Wildman–Crippen MR) is 91.2 cm³/mol. The fourth-order valence-corrected chi connectivity index (χ4v) is 5.16. The predicted octanol–water partition coefficient (Wildman–Crippen LogP) is 1.87. The molecule has 1 aromatic heterocycles. The van der Waals surface area contributed by atoms with Crippen LogP contribution in [0.15, 0.2) is 30.5 Å². The summed E-state index contributed by atoms with van der Waals surface area (Å²) in [5, 5.41) is 0.709. The van der Waals surface area contributed by atoms with Gasteiger partial charge in [0.05, 0.1) is 30.2 Å². The second-order valence-corrected chi connectivity index (χ2v) is 9.46. The maximum atomic E-state index is 12.4. The van der Waals surface area contributed by atoms with Gasteiger partial charge in [0.25, 0.3) is 0 Å². The van der Waals surface area contributed by atoms with Gasteiger partial charge < -0.3 is 4.74 Å². The highest BCUT2D eigenvalue weighted by Crippen LogP contribution is 2.20. The van der Waals surface area contributed by atoms with Crippen molar-refractivity contribution in [2.75, 3.05) is 30.6 Å². The minimum absolute atomic E-state index is 0.0767. The van der Waals surface area contributed by atoms with Crippen molar-refractivity contribution in [1.82, 2.24) is 3.97 Å². The van der Waals surface area contributed by atoms with Crippen molar-refractivity contribution in [2.45, 2.75) is 6.92 Å². The minimum atomic E-state index is -3.37. The van der Waals surface area contributed by atoms with Crippen molar-refractivity contribution in [3.05, 3.63) is 36.0 Å². The van der Waals surface area contributed by atoms with Crippen LogP contribution in [0.3, 0.4) is 0 Å². The van der Waals surface area contributed by atoms with E-state index in [9.17, 15) is 13.2 Å². The summed E-state index contributed by atoms with van der Waals surface area (Å²) in [6, 6.07) is 6.60. The van der Waals surface area contributed by atoms with Crippen LogP contribution in [0.2, 0.25) is 0 Å². The number of aromatic nitrogens is 1. The van der Waals surface area contributed by atoms with E-state index in [-0.39, 0.29) is 16.6 Å².